The third-order valence-corrected chi connectivity index (χ3v) is 12.5. The lowest BCUT2D eigenvalue weighted by atomic mass is 9.81. The van der Waals surface area contributed by atoms with Crippen LogP contribution in [0.3, 0.4) is 0 Å². The molecule has 1 aliphatic heterocycles. The minimum atomic E-state index is -1.31. The molecule has 0 radical (unpaired) electrons. The van der Waals surface area contributed by atoms with Gasteiger partial charge in [-0.3, -0.25) is 28.8 Å². The highest BCUT2D eigenvalue weighted by Gasteiger charge is 2.44. The Labute approximate surface area is 379 Å². The van der Waals surface area contributed by atoms with Crippen LogP contribution in [-0.4, -0.2) is 105 Å². The maximum absolute atomic E-state index is 13.1. The second kappa shape index (κ2) is 32.5. The summed E-state index contributed by atoms with van der Waals surface area (Å²) in [5, 5.41) is 48.5. The zero-order chi connectivity index (χ0) is 47.3. The largest absolute Gasteiger partial charge is 0.481 e. The van der Waals surface area contributed by atoms with Crippen molar-refractivity contribution in [2.75, 3.05) is 6.54 Å². The van der Waals surface area contributed by atoms with Gasteiger partial charge < -0.3 is 46.4 Å². The Morgan fingerprint density at radius 2 is 0.969 bits per heavy atom. The van der Waals surface area contributed by atoms with Crippen LogP contribution in [-0.2, 0) is 43.1 Å². The highest BCUT2D eigenvalue weighted by atomic mass is 16.7. The van der Waals surface area contributed by atoms with E-state index in [1.54, 1.807) is 13.8 Å². The normalized spacial score (nSPS) is 19.5. The van der Waals surface area contributed by atoms with Crippen molar-refractivity contribution in [2.45, 2.75) is 224 Å². The van der Waals surface area contributed by atoms with Gasteiger partial charge in [0.1, 0.15) is 24.0 Å². The van der Waals surface area contributed by atoms with Gasteiger partial charge in [0, 0.05) is 50.5 Å². The van der Waals surface area contributed by atoms with Crippen LogP contribution >= 0.6 is 0 Å². The van der Waals surface area contributed by atoms with Gasteiger partial charge in [0.05, 0.1) is 6.04 Å². The molecule has 64 heavy (non-hydrogen) atoms. The molecule has 5 atom stereocenters. The molecule has 1 saturated heterocycles. The lowest BCUT2D eigenvalue weighted by molar-refractivity contribution is -0.143. The number of Topliss-reactive ketones (excluding diaryl/α,β-unsaturated/α-hetero) is 1. The first-order chi connectivity index (χ1) is 30.6. The topological polar surface area (TPSA) is 278 Å². The number of epoxide rings is 1. The van der Waals surface area contributed by atoms with E-state index >= 15 is 0 Å². The van der Waals surface area contributed by atoms with E-state index in [4.69, 9.17) is 9.84 Å². The SMILES string of the molecule is CC(C)C(=O)CC[C@H](NC(=O)CC[C@H](NC(=O)CC[C@H](NC(=O)[C@H]1CC[C@H](CNC(=O)CCCCCCCCCCCCCCCCCCC(=O)O)CC1)C(=O)O)C1OC1O)C(=O)O. The number of unbranched alkanes of at least 4 members (excludes halogenated alkanes) is 15. The summed E-state index contributed by atoms with van der Waals surface area (Å²) >= 11 is 0. The number of ether oxygens (including phenoxy) is 1. The number of carbonyl (C=O) groups excluding carboxylic acids is 5. The molecule has 1 saturated carbocycles. The number of aliphatic hydroxyl groups is 1. The average molecular weight is 909 g/mol. The molecule has 0 aromatic carbocycles. The van der Waals surface area contributed by atoms with Crippen LogP contribution in [0.1, 0.15) is 194 Å². The summed E-state index contributed by atoms with van der Waals surface area (Å²) < 4.78 is 5.09. The molecule has 0 aromatic heterocycles. The van der Waals surface area contributed by atoms with Crippen molar-refractivity contribution in [1.82, 2.24) is 21.3 Å². The summed E-state index contributed by atoms with van der Waals surface area (Å²) in [4.78, 5) is 97.1. The van der Waals surface area contributed by atoms with Crippen molar-refractivity contribution < 1.29 is 63.5 Å². The Hall–Kier alpha value is -4.12. The summed E-state index contributed by atoms with van der Waals surface area (Å²) in [6, 6.07) is -3.40. The molecule has 17 heteroatoms. The third-order valence-electron chi connectivity index (χ3n) is 12.5. The zero-order valence-electron chi connectivity index (χ0n) is 38.6. The molecule has 0 aromatic rings. The molecule has 1 aliphatic carbocycles. The number of aliphatic carboxylic acids is 3. The van der Waals surface area contributed by atoms with Gasteiger partial charge in [0.15, 0.2) is 6.29 Å². The molecule has 2 rings (SSSR count). The molecule has 8 N–H and O–H groups in total. The highest BCUT2D eigenvalue weighted by Crippen LogP contribution is 2.29. The lowest BCUT2D eigenvalue weighted by Crippen LogP contribution is -2.46. The van der Waals surface area contributed by atoms with Crippen LogP contribution in [0.15, 0.2) is 0 Å². The van der Waals surface area contributed by atoms with E-state index in [0.29, 0.717) is 25.8 Å². The van der Waals surface area contributed by atoms with Gasteiger partial charge in [-0.2, -0.15) is 0 Å². The Bertz CT molecular complexity index is 1450. The Morgan fingerprint density at radius 1 is 0.531 bits per heavy atom. The average Bonchev–Trinajstić information content (AvgIpc) is 3.99. The van der Waals surface area contributed by atoms with Gasteiger partial charge in [-0.25, -0.2) is 9.59 Å². The molecular weight excluding hydrogens is 829 g/mol. The van der Waals surface area contributed by atoms with Crippen LogP contribution in [0.4, 0.5) is 0 Å². The number of aliphatic hydroxyl groups excluding tert-OH is 1. The molecule has 366 valence electrons. The number of carboxylic acids is 3. The van der Waals surface area contributed by atoms with Crippen LogP contribution in [0, 0.1) is 17.8 Å². The predicted octanol–water partition coefficient (Wildman–Crippen LogP) is 5.92. The Morgan fingerprint density at radius 3 is 1.44 bits per heavy atom. The van der Waals surface area contributed by atoms with Crippen molar-refractivity contribution >= 4 is 47.3 Å². The first-order valence-electron chi connectivity index (χ1n) is 24.3. The number of nitrogens with one attached hydrogen (secondary N) is 4. The highest BCUT2D eigenvalue weighted by molar-refractivity contribution is 5.86. The van der Waals surface area contributed by atoms with E-state index < -0.39 is 66.1 Å². The van der Waals surface area contributed by atoms with Crippen LogP contribution in [0.25, 0.3) is 0 Å². The summed E-state index contributed by atoms with van der Waals surface area (Å²) in [6.07, 6.45) is 19.1. The second-order valence-corrected chi connectivity index (χ2v) is 18.3. The monoisotopic (exact) mass is 909 g/mol. The quantitative estimate of drug-likeness (QED) is 0.0264. The lowest BCUT2D eigenvalue weighted by Gasteiger charge is -2.28. The predicted molar refractivity (Wildman–Crippen MR) is 239 cm³/mol. The fourth-order valence-corrected chi connectivity index (χ4v) is 8.23. The first kappa shape index (κ1) is 56.0. The van der Waals surface area contributed by atoms with E-state index in [-0.39, 0.29) is 74.4 Å². The Balaban J connectivity index is 1.56. The molecule has 2 aliphatic rings. The fourth-order valence-electron chi connectivity index (χ4n) is 8.23. The van der Waals surface area contributed by atoms with Crippen molar-refractivity contribution in [1.29, 1.82) is 0 Å². The van der Waals surface area contributed by atoms with Gasteiger partial charge in [-0.05, 0) is 63.7 Å². The number of amides is 4. The number of ketones is 1. The minimum absolute atomic E-state index is 0.00585. The number of carboxylic acid groups (broad SMARTS) is 3. The van der Waals surface area contributed by atoms with Gasteiger partial charge in [0.25, 0.3) is 0 Å². The molecule has 0 bridgehead atoms. The number of hydrogen-bond donors (Lipinski definition) is 8. The molecular formula is C47H80N4O13. The van der Waals surface area contributed by atoms with E-state index in [1.165, 1.54) is 64.2 Å². The maximum Gasteiger partial charge on any atom is 0.326 e. The van der Waals surface area contributed by atoms with Gasteiger partial charge in [-0.1, -0.05) is 104 Å². The summed E-state index contributed by atoms with van der Waals surface area (Å²) in [6.45, 7) is 3.95. The molecule has 1 heterocycles. The zero-order valence-corrected chi connectivity index (χ0v) is 38.6. The number of rotatable bonds is 38. The van der Waals surface area contributed by atoms with Crippen LogP contribution in [0.2, 0.25) is 0 Å². The van der Waals surface area contributed by atoms with Crippen LogP contribution in [0.5, 0.6) is 0 Å². The van der Waals surface area contributed by atoms with Gasteiger partial charge in [0.2, 0.25) is 23.6 Å². The molecule has 17 nitrogen and oxygen atoms in total. The summed E-state index contributed by atoms with van der Waals surface area (Å²) in [5.41, 5.74) is 0. The smallest absolute Gasteiger partial charge is 0.326 e. The van der Waals surface area contributed by atoms with E-state index in [0.717, 1.165) is 51.4 Å². The van der Waals surface area contributed by atoms with E-state index in [2.05, 4.69) is 21.3 Å². The molecule has 2 unspecified atom stereocenters. The van der Waals surface area contributed by atoms with Crippen molar-refractivity contribution in [3.8, 4) is 0 Å². The summed E-state index contributed by atoms with van der Waals surface area (Å²) in [7, 11) is 0. The van der Waals surface area contributed by atoms with Crippen molar-refractivity contribution in [3.63, 3.8) is 0 Å². The molecule has 0 spiro atoms. The van der Waals surface area contributed by atoms with Crippen molar-refractivity contribution in [3.05, 3.63) is 0 Å². The maximum atomic E-state index is 13.1. The fraction of sp³-hybridized carbons (Fsp3) is 0.830. The van der Waals surface area contributed by atoms with E-state index in [1.807, 2.05) is 0 Å². The molecule has 4 amide bonds. The molecule has 2 fully saturated rings. The van der Waals surface area contributed by atoms with Gasteiger partial charge in [-0.15, -0.1) is 0 Å². The third kappa shape index (κ3) is 26.0. The summed E-state index contributed by atoms with van der Waals surface area (Å²) in [5.74, 6) is -5.37. The Kier molecular flexibility index (Phi) is 28.5. The van der Waals surface area contributed by atoms with E-state index in [9.17, 15) is 53.7 Å². The minimum Gasteiger partial charge on any atom is -0.481 e. The van der Waals surface area contributed by atoms with Crippen molar-refractivity contribution in [2.24, 2.45) is 17.8 Å². The number of carbonyl (C=O) groups is 8. The van der Waals surface area contributed by atoms with Gasteiger partial charge >= 0.3 is 17.9 Å². The van der Waals surface area contributed by atoms with Crippen LogP contribution < -0.4 is 21.3 Å². The number of hydrogen-bond acceptors (Lipinski definition) is 10. The first-order valence-corrected chi connectivity index (χ1v) is 24.3. The standard InChI is InChI=1S/C47H80N4O13/c1-32(2)38(52)28-25-36(45(59)60)50-41(55)29-26-35(43-47(63)64-43)49-40(54)30-27-37(46(61)62)51-44(58)34-23-21-33(22-24-34)31-48-39(53)19-17-15-13-11-9-7-5-3-4-6-8-10-12-14-16-18-20-42(56)57/h32-37,43,47,63H,3-31H2,1-2H3,(H,48,53)(H,49,54)(H,50,55)(H,51,58)(H,56,57)(H,59,60)(H,61,62)/t33-,34-,35-,36-,37-,43?,47?/m0/s1. The second-order valence-electron chi connectivity index (χ2n) is 18.3.